The van der Waals surface area contributed by atoms with Crippen molar-refractivity contribution in [3.05, 3.63) is 17.3 Å². The molecule has 0 aromatic carbocycles. The average molecular weight is 518 g/mol. The topological polar surface area (TPSA) is 65.7 Å². The van der Waals surface area contributed by atoms with Gasteiger partial charge in [0.05, 0.1) is 12.2 Å². The molecule has 2 heterocycles. The second kappa shape index (κ2) is 11.5. The maximum Gasteiger partial charge on any atom is 0.208 e. The molecular weight excluding hydrogens is 477 g/mol. The van der Waals surface area contributed by atoms with Crippen LogP contribution >= 0.6 is 24.0 Å². The van der Waals surface area contributed by atoms with Crippen molar-refractivity contribution in [2.24, 2.45) is 16.3 Å². The van der Waals surface area contributed by atoms with Gasteiger partial charge >= 0.3 is 0 Å². The smallest absolute Gasteiger partial charge is 0.208 e. The largest absolute Gasteiger partial charge is 0.444 e. The van der Waals surface area contributed by atoms with E-state index in [0.717, 1.165) is 62.6 Å². The maximum absolute atomic E-state index is 5.74. The molecule has 1 aromatic heterocycles. The Morgan fingerprint density at radius 2 is 1.93 bits per heavy atom. The predicted octanol–water partition coefficient (Wildman–Crippen LogP) is 4.26. The van der Waals surface area contributed by atoms with Gasteiger partial charge in [0.25, 0.3) is 0 Å². The van der Waals surface area contributed by atoms with Crippen LogP contribution in [0.4, 0.5) is 0 Å². The number of hydrogen-bond acceptors (Lipinski definition) is 4. The lowest BCUT2D eigenvalue weighted by atomic mass is 9.67. The number of guanidine groups is 1. The number of aliphatic imine (C=N–C) groups is 1. The number of likely N-dealkylation sites (tertiary alicyclic amines) is 1. The summed E-state index contributed by atoms with van der Waals surface area (Å²) in [5, 5.41) is 7.02. The van der Waals surface area contributed by atoms with Gasteiger partial charge in [-0.25, -0.2) is 4.98 Å². The van der Waals surface area contributed by atoms with Gasteiger partial charge in [-0.3, -0.25) is 9.89 Å². The minimum Gasteiger partial charge on any atom is -0.444 e. The van der Waals surface area contributed by atoms with Crippen molar-refractivity contribution >= 4 is 29.9 Å². The van der Waals surface area contributed by atoms with Gasteiger partial charge in [-0.05, 0) is 77.3 Å². The van der Waals surface area contributed by atoms with Gasteiger partial charge < -0.3 is 15.1 Å². The lowest BCUT2D eigenvalue weighted by molar-refractivity contribution is 0.139. The zero-order valence-electron chi connectivity index (χ0n) is 18.7. The molecule has 1 aliphatic carbocycles. The first-order chi connectivity index (χ1) is 13.5. The maximum atomic E-state index is 5.74. The van der Waals surface area contributed by atoms with Crippen LogP contribution in [0.25, 0.3) is 0 Å². The summed E-state index contributed by atoms with van der Waals surface area (Å²) in [4.78, 5) is 11.9. The SMILES string of the molecule is CCNC(=NCC1(CC)CCC1)NCC1CCN(Cc2nc(C)c(C)o2)CC1.I. The molecule has 7 heteroatoms. The highest BCUT2D eigenvalue weighted by Crippen LogP contribution is 2.43. The molecule has 1 aromatic rings. The number of halogens is 1. The number of aromatic nitrogens is 1. The van der Waals surface area contributed by atoms with Crippen molar-refractivity contribution in [1.29, 1.82) is 0 Å². The quantitative estimate of drug-likeness (QED) is 0.307. The number of nitrogens with zero attached hydrogens (tertiary/aromatic N) is 3. The minimum atomic E-state index is 0. The van der Waals surface area contributed by atoms with Crippen molar-refractivity contribution < 1.29 is 4.42 Å². The predicted molar refractivity (Wildman–Crippen MR) is 130 cm³/mol. The van der Waals surface area contributed by atoms with E-state index in [4.69, 9.17) is 9.41 Å². The van der Waals surface area contributed by atoms with E-state index in [0.29, 0.717) is 11.3 Å². The van der Waals surface area contributed by atoms with E-state index in [1.807, 2.05) is 13.8 Å². The van der Waals surface area contributed by atoms with Crippen molar-refractivity contribution in [3.63, 3.8) is 0 Å². The number of nitrogens with one attached hydrogen (secondary N) is 2. The number of aryl methyl sites for hydroxylation is 2. The van der Waals surface area contributed by atoms with Gasteiger partial charge in [-0.1, -0.05) is 13.3 Å². The van der Waals surface area contributed by atoms with Crippen molar-refractivity contribution in [2.75, 3.05) is 32.7 Å². The van der Waals surface area contributed by atoms with E-state index >= 15 is 0 Å². The highest BCUT2D eigenvalue weighted by molar-refractivity contribution is 14.0. The molecule has 6 nitrogen and oxygen atoms in total. The molecule has 29 heavy (non-hydrogen) atoms. The Morgan fingerprint density at radius 3 is 2.45 bits per heavy atom. The summed E-state index contributed by atoms with van der Waals surface area (Å²) in [5.74, 6) is 3.50. The van der Waals surface area contributed by atoms with Crippen LogP contribution in [0.3, 0.4) is 0 Å². The fraction of sp³-hybridized carbons (Fsp3) is 0.818. The lowest BCUT2D eigenvalue weighted by Crippen LogP contribution is -2.43. The van der Waals surface area contributed by atoms with E-state index in [-0.39, 0.29) is 24.0 Å². The molecule has 2 aliphatic rings. The average Bonchev–Trinajstić information content (AvgIpc) is 2.97. The number of piperidine rings is 1. The van der Waals surface area contributed by atoms with Gasteiger partial charge in [0.15, 0.2) is 5.96 Å². The van der Waals surface area contributed by atoms with Crippen LogP contribution in [0.2, 0.25) is 0 Å². The Kier molecular flexibility index (Phi) is 9.72. The van der Waals surface area contributed by atoms with Crippen LogP contribution in [0, 0.1) is 25.2 Å². The zero-order chi connectivity index (χ0) is 20.0. The third kappa shape index (κ3) is 6.84. The first-order valence-corrected chi connectivity index (χ1v) is 11.2. The van der Waals surface area contributed by atoms with Crippen molar-refractivity contribution in [2.45, 2.75) is 72.8 Å². The summed E-state index contributed by atoms with van der Waals surface area (Å²) < 4.78 is 5.74. The van der Waals surface area contributed by atoms with Crippen LogP contribution in [0.15, 0.2) is 9.41 Å². The highest BCUT2D eigenvalue weighted by Gasteiger charge is 2.34. The van der Waals surface area contributed by atoms with Gasteiger partial charge in [-0.15, -0.1) is 24.0 Å². The summed E-state index contributed by atoms with van der Waals surface area (Å²) in [5.41, 5.74) is 1.49. The monoisotopic (exact) mass is 517 g/mol. The standard InChI is InChI=1S/C22H39N5O.HI/c1-5-22(10-7-11-22)16-25-21(23-6-2)24-14-19-8-12-27(13-9-19)15-20-26-17(3)18(4)28-20;/h19H,5-16H2,1-4H3,(H2,23,24,25);1H. The van der Waals surface area contributed by atoms with Gasteiger partial charge in [-0.2, -0.15) is 0 Å². The molecule has 2 fully saturated rings. The van der Waals surface area contributed by atoms with E-state index in [9.17, 15) is 0 Å². The van der Waals surface area contributed by atoms with Gasteiger partial charge in [0.1, 0.15) is 5.76 Å². The fourth-order valence-corrected chi connectivity index (χ4v) is 4.28. The number of oxazole rings is 1. The van der Waals surface area contributed by atoms with Crippen molar-refractivity contribution in [3.8, 4) is 0 Å². The van der Waals surface area contributed by atoms with Crippen LogP contribution in [-0.2, 0) is 6.54 Å². The second-order valence-electron chi connectivity index (χ2n) is 8.75. The Balaban J connectivity index is 0.00000300. The summed E-state index contributed by atoms with van der Waals surface area (Å²) in [6.45, 7) is 14.4. The summed E-state index contributed by atoms with van der Waals surface area (Å²) in [6, 6.07) is 0. The molecule has 0 spiro atoms. The van der Waals surface area contributed by atoms with Crippen LogP contribution in [0.1, 0.15) is 69.7 Å². The van der Waals surface area contributed by atoms with Crippen LogP contribution < -0.4 is 10.6 Å². The third-order valence-electron chi connectivity index (χ3n) is 6.78. The molecule has 0 unspecified atom stereocenters. The molecule has 2 N–H and O–H groups in total. The first-order valence-electron chi connectivity index (χ1n) is 11.2. The summed E-state index contributed by atoms with van der Waals surface area (Å²) in [6.07, 6.45) is 7.73. The molecule has 3 rings (SSSR count). The van der Waals surface area contributed by atoms with E-state index < -0.39 is 0 Å². The molecule has 0 radical (unpaired) electrons. The Morgan fingerprint density at radius 1 is 1.21 bits per heavy atom. The molecule has 0 amide bonds. The Hall–Kier alpha value is -0.830. The Bertz CT molecular complexity index is 623. The highest BCUT2D eigenvalue weighted by atomic mass is 127. The zero-order valence-corrected chi connectivity index (χ0v) is 21.1. The van der Waals surface area contributed by atoms with Crippen LogP contribution in [-0.4, -0.2) is 48.6 Å². The minimum absolute atomic E-state index is 0. The van der Waals surface area contributed by atoms with Gasteiger partial charge in [0.2, 0.25) is 5.89 Å². The van der Waals surface area contributed by atoms with E-state index in [1.54, 1.807) is 0 Å². The van der Waals surface area contributed by atoms with E-state index in [1.165, 1.54) is 38.5 Å². The van der Waals surface area contributed by atoms with Gasteiger partial charge in [0, 0.05) is 19.6 Å². The lowest BCUT2D eigenvalue weighted by Gasteiger charge is -2.40. The van der Waals surface area contributed by atoms with Crippen LogP contribution in [0.5, 0.6) is 0 Å². The molecule has 0 bridgehead atoms. The molecule has 1 saturated carbocycles. The second-order valence-corrected chi connectivity index (χ2v) is 8.75. The third-order valence-corrected chi connectivity index (χ3v) is 6.78. The molecular formula is C22H40IN5O. The summed E-state index contributed by atoms with van der Waals surface area (Å²) in [7, 11) is 0. The first kappa shape index (κ1) is 24.4. The number of hydrogen-bond donors (Lipinski definition) is 2. The number of rotatable bonds is 8. The fourth-order valence-electron chi connectivity index (χ4n) is 4.28. The normalized spacial score (nSPS) is 20.1. The molecule has 0 atom stereocenters. The molecule has 1 saturated heterocycles. The molecule has 1 aliphatic heterocycles. The Labute approximate surface area is 193 Å². The summed E-state index contributed by atoms with van der Waals surface area (Å²) >= 11 is 0. The van der Waals surface area contributed by atoms with E-state index in [2.05, 4.69) is 34.4 Å². The van der Waals surface area contributed by atoms with Crippen molar-refractivity contribution in [1.82, 2.24) is 20.5 Å². The molecule has 166 valence electrons.